The molecule has 0 spiro atoms. The third-order valence-electron chi connectivity index (χ3n) is 2.63. The molecule has 0 bridgehead atoms. The zero-order valence-corrected chi connectivity index (χ0v) is 10.4. The normalized spacial score (nSPS) is 14.2. The van der Waals surface area contributed by atoms with Crippen LogP contribution in [0.15, 0.2) is 30.3 Å². The summed E-state index contributed by atoms with van der Waals surface area (Å²) < 4.78 is 5.69. The van der Waals surface area contributed by atoms with Gasteiger partial charge in [0.05, 0.1) is 12.7 Å². The number of aliphatic carboxylic acids is 1. The van der Waals surface area contributed by atoms with E-state index >= 15 is 0 Å². The van der Waals surface area contributed by atoms with Gasteiger partial charge in [-0.2, -0.15) is 0 Å². The molecular formula is C14H20O3. The van der Waals surface area contributed by atoms with Crippen LogP contribution >= 0.6 is 0 Å². The van der Waals surface area contributed by atoms with Gasteiger partial charge in [-0.25, -0.2) is 0 Å². The molecule has 2 atom stereocenters. The van der Waals surface area contributed by atoms with E-state index in [1.54, 1.807) is 0 Å². The van der Waals surface area contributed by atoms with Crippen molar-refractivity contribution in [3.63, 3.8) is 0 Å². The van der Waals surface area contributed by atoms with E-state index in [0.29, 0.717) is 6.61 Å². The first-order chi connectivity index (χ1) is 8.08. The predicted molar refractivity (Wildman–Crippen MR) is 66.7 cm³/mol. The van der Waals surface area contributed by atoms with Crippen molar-refractivity contribution in [2.24, 2.45) is 5.92 Å². The second-order valence-corrected chi connectivity index (χ2v) is 4.55. The average Bonchev–Trinajstić information content (AvgIpc) is 2.26. The zero-order valence-electron chi connectivity index (χ0n) is 10.4. The van der Waals surface area contributed by atoms with Crippen molar-refractivity contribution >= 4 is 5.97 Å². The van der Waals surface area contributed by atoms with Gasteiger partial charge >= 0.3 is 5.97 Å². The lowest BCUT2D eigenvalue weighted by Gasteiger charge is -2.16. The lowest BCUT2D eigenvalue weighted by atomic mass is 10.0. The van der Waals surface area contributed by atoms with Crippen LogP contribution in [0, 0.1) is 5.92 Å². The molecule has 0 aliphatic rings. The maximum absolute atomic E-state index is 10.5. The fourth-order valence-corrected chi connectivity index (χ4v) is 1.83. The van der Waals surface area contributed by atoms with E-state index in [9.17, 15) is 4.79 Å². The Balaban J connectivity index is 2.25. The van der Waals surface area contributed by atoms with Crippen molar-refractivity contribution in [3.8, 4) is 0 Å². The summed E-state index contributed by atoms with van der Waals surface area (Å²) in [7, 11) is 0. The highest BCUT2D eigenvalue weighted by Gasteiger charge is 2.12. The fourth-order valence-electron chi connectivity index (χ4n) is 1.83. The van der Waals surface area contributed by atoms with Crippen LogP contribution < -0.4 is 0 Å². The van der Waals surface area contributed by atoms with Crippen LogP contribution in [0.3, 0.4) is 0 Å². The summed E-state index contributed by atoms with van der Waals surface area (Å²) in [6, 6.07) is 9.98. The van der Waals surface area contributed by atoms with Gasteiger partial charge in [-0.1, -0.05) is 37.3 Å². The molecule has 3 nitrogen and oxygen atoms in total. The van der Waals surface area contributed by atoms with E-state index in [-0.39, 0.29) is 18.4 Å². The monoisotopic (exact) mass is 236 g/mol. The minimum atomic E-state index is -0.743. The minimum absolute atomic E-state index is 0.0876. The Labute approximate surface area is 102 Å². The van der Waals surface area contributed by atoms with E-state index in [1.807, 2.05) is 44.2 Å². The molecule has 0 aliphatic heterocycles. The molecule has 1 aromatic carbocycles. The van der Waals surface area contributed by atoms with Crippen molar-refractivity contribution in [2.75, 3.05) is 0 Å². The minimum Gasteiger partial charge on any atom is -0.481 e. The second kappa shape index (κ2) is 7.07. The van der Waals surface area contributed by atoms with E-state index < -0.39 is 5.97 Å². The van der Waals surface area contributed by atoms with Crippen LogP contribution in [0.1, 0.15) is 32.3 Å². The van der Waals surface area contributed by atoms with E-state index in [2.05, 4.69) is 0 Å². The van der Waals surface area contributed by atoms with E-state index in [4.69, 9.17) is 9.84 Å². The lowest BCUT2D eigenvalue weighted by Crippen LogP contribution is -2.15. The van der Waals surface area contributed by atoms with Gasteiger partial charge in [0.2, 0.25) is 0 Å². The van der Waals surface area contributed by atoms with Crippen LogP contribution in [-0.2, 0) is 16.1 Å². The molecule has 94 valence electrons. The molecule has 0 radical (unpaired) electrons. The molecule has 3 heteroatoms. The second-order valence-electron chi connectivity index (χ2n) is 4.55. The fraction of sp³-hybridized carbons (Fsp3) is 0.500. The number of carboxylic acids is 1. The van der Waals surface area contributed by atoms with Crippen LogP contribution in [0.25, 0.3) is 0 Å². The first kappa shape index (κ1) is 13.7. The van der Waals surface area contributed by atoms with Crippen molar-refractivity contribution in [3.05, 3.63) is 35.9 Å². The standard InChI is InChI=1S/C14H20O3/c1-11(9-14(15)16)8-12(2)17-10-13-6-4-3-5-7-13/h3-7,11-12H,8-10H2,1-2H3,(H,15,16). The zero-order chi connectivity index (χ0) is 12.7. The summed E-state index contributed by atoms with van der Waals surface area (Å²) in [4.78, 5) is 10.5. The molecule has 1 aromatic rings. The molecule has 0 fully saturated rings. The van der Waals surface area contributed by atoms with Crippen LogP contribution in [-0.4, -0.2) is 17.2 Å². The maximum Gasteiger partial charge on any atom is 0.303 e. The summed E-state index contributed by atoms with van der Waals surface area (Å²) in [6.45, 7) is 4.51. The van der Waals surface area contributed by atoms with E-state index in [0.717, 1.165) is 12.0 Å². The molecule has 2 unspecified atom stereocenters. The maximum atomic E-state index is 10.5. The Morgan fingerprint density at radius 1 is 1.29 bits per heavy atom. The number of hydrogen-bond acceptors (Lipinski definition) is 2. The number of carbonyl (C=O) groups is 1. The summed E-state index contributed by atoms with van der Waals surface area (Å²) in [5.41, 5.74) is 1.14. The van der Waals surface area contributed by atoms with Crippen molar-refractivity contribution in [1.29, 1.82) is 0 Å². The van der Waals surface area contributed by atoms with Crippen LogP contribution in [0.5, 0.6) is 0 Å². The van der Waals surface area contributed by atoms with Gasteiger partial charge < -0.3 is 9.84 Å². The Bertz CT molecular complexity index is 335. The van der Waals surface area contributed by atoms with Crippen molar-refractivity contribution < 1.29 is 14.6 Å². The summed E-state index contributed by atoms with van der Waals surface area (Å²) >= 11 is 0. The van der Waals surface area contributed by atoms with Gasteiger partial charge in [0.25, 0.3) is 0 Å². The van der Waals surface area contributed by atoms with Gasteiger partial charge in [-0.3, -0.25) is 4.79 Å². The SMILES string of the molecule is CC(CC(=O)O)CC(C)OCc1ccccc1. The molecule has 0 aromatic heterocycles. The van der Waals surface area contributed by atoms with Gasteiger partial charge in [0.1, 0.15) is 0 Å². The number of hydrogen-bond donors (Lipinski definition) is 1. The highest BCUT2D eigenvalue weighted by atomic mass is 16.5. The summed E-state index contributed by atoms with van der Waals surface area (Å²) in [5.74, 6) is -0.592. The topological polar surface area (TPSA) is 46.5 Å². The van der Waals surface area contributed by atoms with Crippen LogP contribution in [0.4, 0.5) is 0 Å². The Morgan fingerprint density at radius 3 is 2.53 bits per heavy atom. The van der Waals surface area contributed by atoms with E-state index in [1.165, 1.54) is 0 Å². The summed E-state index contributed by atoms with van der Waals surface area (Å²) in [6.07, 6.45) is 1.07. The van der Waals surface area contributed by atoms with Gasteiger partial charge in [0, 0.05) is 6.42 Å². The largest absolute Gasteiger partial charge is 0.481 e. The molecule has 0 amide bonds. The number of ether oxygens (including phenoxy) is 1. The number of benzene rings is 1. The molecule has 0 heterocycles. The predicted octanol–water partition coefficient (Wildman–Crippen LogP) is 3.09. The lowest BCUT2D eigenvalue weighted by molar-refractivity contribution is -0.138. The molecule has 1 N–H and O–H groups in total. The first-order valence-corrected chi connectivity index (χ1v) is 5.95. The van der Waals surface area contributed by atoms with Crippen molar-refractivity contribution in [1.82, 2.24) is 0 Å². The average molecular weight is 236 g/mol. The number of rotatable bonds is 7. The van der Waals surface area contributed by atoms with Crippen molar-refractivity contribution in [2.45, 2.75) is 39.4 Å². The Hall–Kier alpha value is -1.35. The highest BCUT2D eigenvalue weighted by Crippen LogP contribution is 2.14. The van der Waals surface area contributed by atoms with Gasteiger partial charge in [0.15, 0.2) is 0 Å². The molecule has 0 saturated carbocycles. The quantitative estimate of drug-likeness (QED) is 0.791. The molecule has 0 aliphatic carbocycles. The van der Waals surface area contributed by atoms with Gasteiger partial charge in [-0.05, 0) is 24.8 Å². The first-order valence-electron chi connectivity index (χ1n) is 5.95. The molecule has 1 rings (SSSR count). The highest BCUT2D eigenvalue weighted by molar-refractivity contribution is 5.66. The van der Waals surface area contributed by atoms with Crippen LogP contribution in [0.2, 0.25) is 0 Å². The summed E-state index contributed by atoms with van der Waals surface area (Å²) in [5, 5.41) is 8.66. The number of carboxylic acid groups (broad SMARTS) is 1. The Morgan fingerprint density at radius 2 is 1.94 bits per heavy atom. The molecule has 17 heavy (non-hydrogen) atoms. The Kier molecular flexibility index (Phi) is 5.70. The smallest absolute Gasteiger partial charge is 0.303 e. The molecule has 0 saturated heterocycles. The third-order valence-corrected chi connectivity index (χ3v) is 2.63. The third kappa shape index (κ3) is 6.07. The van der Waals surface area contributed by atoms with Gasteiger partial charge in [-0.15, -0.1) is 0 Å². The molecular weight excluding hydrogens is 216 g/mol.